The number of nitrogen functional groups attached to an aromatic ring is 1. The van der Waals surface area contributed by atoms with E-state index in [2.05, 4.69) is 31.2 Å². The summed E-state index contributed by atoms with van der Waals surface area (Å²) < 4.78 is 1.86. The van der Waals surface area contributed by atoms with Crippen LogP contribution in [0.4, 0.5) is 5.69 Å². The van der Waals surface area contributed by atoms with Gasteiger partial charge in [-0.3, -0.25) is 4.79 Å². The molecule has 0 unspecified atom stereocenters. The zero-order valence-electron chi connectivity index (χ0n) is 16.1. The Morgan fingerprint density at radius 1 is 1.11 bits per heavy atom. The maximum Gasteiger partial charge on any atom is 0.254 e. The van der Waals surface area contributed by atoms with Crippen molar-refractivity contribution < 1.29 is 4.79 Å². The predicted molar refractivity (Wildman–Crippen MR) is 109 cm³/mol. The van der Waals surface area contributed by atoms with Crippen molar-refractivity contribution in [1.82, 2.24) is 15.1 Å². The second-order valence-electron chi connectivity index (χ2n) is 7.09. The molecule has 3 rings (SSSR count). The molecule has 3 aromatic rings. The van der Waals surface area contributed by atoms with Crippen molar-refractivity contribution >= 4 is 11.6 Å². The van der Waals surface area contributed by atoms with Crippen molar-refractivity contribution in [3.63, 3.8) is 0 Å². The summed E-state index contributed by atoms with van der Waals surface area (Å²) in [7, 11) is 0. The van der Waals surface area contributed by atoms with Gasteiger partial charge in [0.05, 0.1) is 23.1 Å². The summed E-state index contributed by atoms with van der Waals surface area (Å²) in [5.41, 5.74) is 11.3. The van der Waals surface area contributed by atoms with E-state index in [-0.39, 0.29) is 11.8 Å². The van der Waals surface area contributed by atoms with Gasteiger partial charge in [0.1, 0.15) is 0 Å². The van der Waals surface area contributed by atoms with Crippen LogP contribution in [-0.4, -0.2) is 22.2 Å². The number of rotatable bonds is 6. The van der Waals surface area contributed by atoms with E-state index in [1.807, 2.05) is 53.2 Å². The number of hydrogen-bond acceptors (Lipinski definition) is 3. The summed E-state index contributed by atoms with van der Waals surface area (Å²) in [6, 6.07) is 15.9. The number of anilines is 1. The van der Waals surface area contributed by atoms with Crippen LogP contribution in [0.25, 0.3) is 5.69 Å². The molecule has 0 aliphatic carbocycles. The standard InChI is InChI=1S/C22H26N4O/c1-15(2)21-20(14-25-26(21)19-10-4-16(3)5-11-19)22(27)24-13-12-17-6-8-18(23)9-7-17/h4-11,14-15H,12-13,23H2,1-3H3,(H,24,27). The Hall–Kier alpha value is -3.08. The van der Waals surface area contributed by atoms with E-state index in [0.717, 1.165) is 29.1 Å². The van der Waals surface area contributed by atoms with Crippen LogP contribution in [0.5, 0.6) is 0 Å². The lowest BCUT2D eigenvalue weighted by atomic mass is 10.0. The highest BCUT2D eigenvalue weighted by Gasteiger charge is 2.20. The van der Waals surface area contributed by atoms with Crippen molar-refractivity contribution in [3.8, 4) is 5.69 Å². The topological polar surface area (TPSA) is 72.9 Å². The lowest BCUT2D eigenvalue weighted by molar-refractivity contribution is 0.0953. The molecule has 0 saturated carbocycles. The first kappa shape index (κ1) is 18.7. The third-order valence-corrected chi connectivity index (χ3v) is 4.56. The Morgan fingerprint density at radius 2 is 1.78 bits per heavy atom. The summed E-state index contributed by atoms with van der Waals surface area (Å²) >= 11 is 0. The van der Waals surface area contributed by atoms with Gasteiger partial charge in [-0.05, 0) is 49.1 Å². The predicted octanol–water partition coefficient (Wildman–Crippen LogP) is 3.86. The number of carbonyl (C=O) groups excluding carboxylic acids is 1. The minimum absolute atomic E-state index is 0.0903. The highest BCUT2D eigenvalue weighted by atomic mass is 16.1. The normalized spacial score (nSPS) is 11.0. The third-order valence-electron chi connectivity index (χ3n) is 4.56. The summed E-state index contributed by atoms with van der Waals surface area (Å²) in [6.45, 7) is 6.77. The number of amides is 1. The molecule has 2 aromatic carbocycles. The van der Waals surface area contributed by atoms with Crippen LogP contribution in [0.3, 0.4) is 0 Å². The molecule has 0 bridgehead atoms. The van der Waals surface area contributed by atoms with Gasteiger partial charge in [-0.1, -0.05) is 43.7 Å². The van der Waals surface area contributed by atoms with E-state index in [1.54, 1.807) is 6.20 Å². The van der Waals surface area contributed by atoms with Gasteiger partial charge >= 0.3 is 0 Å². The second-order valence-corrected chi connectivity index (χ2v) is 7.09. The number of nitrogens with zero attached hydrogens (tertiary/aromatic N) is 2. The maximum absolute atomic E-state index is 12.7. The van der Waals surface area contributed by atoms with Gasteiger partial charge in [-0.15, -0.1) is 0 Å². The van der Waals surface area contributed by atoms with Crippen LogP contribution in [0.2, 0.25) is 0 Å². The number of carbonyl (C=O) groups is 1. The van der Waals surface area contributed by atoms with Crippen LogP contribution in [0.15, 0.2) is 54.7 Å². The van der Waals surface area contributed by atoms with E-state index in [0.29, 0.717) is 12.1 Å². The second kappa shape index (κ2) is 8.08. The van der Waals surface area contributed by atoms with Crippen molar-refractivity contribution in [2.24, 2.45) is 0 Å². The Kier molecular flexibility index (Phi) is 5.60. The fourth-order valence-corrected chi connectivity index (χ4v) is 3.08. The van der Waals surface area contributed by atoms with Crippen molar-refractivity contribution in [3.05, 3.63) is 77.1 Å². The Labute approximate surface area is 160 Å². The molecule has 1 aromatic heterocycles. The van der Waals surface area contributed by atoms with Crippen molar-refractivity contribution in [1.29, 1.82) is 0 Å². The number of benzene rings is 2. The van der Waals surface area contributed by atoms with E-state index in [4.69, 9.17) is 5.73 Å². The largest absolute Gasteiger partial charge is 0.399 e. The molecule has 0 aliphatic heterocycles. The van der Waals surface area contributed by atoms with E-state index in [9.17, 15) is 4.79 Å². The smallest absolute Gasteiger partial charge is 0.254 e. The average molecular weight is 362 g/mol. The van der Waals surface area contributed by atoms with E-state index < -0.39 is 0 Å². The van der Waals surface area contributed by atoms with E-state index in [1.165, 1.54) is 5.56 Å². The molecule has 27 heavy (non-hydrogen) atoms. The van der Waals surface area contributed by atoms with Crippen LogP contribution in [-0.2, 0) is 6.42 Å². The minimum atomic E-state index is -0.0903. The highest BCUT2D eigenvalue weighted by molar-refractivity contribution is 5.95. The van der Waals surface area contributed by atoms with E-state index >= 15 is 0 Å². The molecule has 5 heteroatoms. The van der Waals surface area contributed by atoms with Gasteiger partial charge in [0.2, 0.25) is 0 Å². The first-order chi connectivity index (χ1) is 13.0. The fourth-order valence-electron chi connectivity index (χ4n) is 3.08. The number of nitrogens with one attached hydrogen (secondary N) is 1. The molecule has 1 heterocycles. The van der Waals surface area contributed by atoms with Crippen molar-refractivity contribution in [2.75, 3.05) is 12.3 Å². The molecule has 5 nitrogen and oxygen atoms in total. The quantitative estimate of drug-likeness (QED) is 0.654. The van der Waals surface area contributed by atoms with Crippen molar-refractivity contribution in [2.45, 2.75) is 33.1 Å². The van der Waals surface area contributed by atoms with Gasteiger partial charge < -0.3 is 11.1 Å². The molecule has 0 atom stereocenters. The summed E-state index contributed by atoms with van der Waals surface area (Å²) in [5.74, 6) is 0.0826. The summed E-state index contributed by atoms with van der Waals surface area (Å²) in [6.07, 6.45) is 2.42. The Morgan fingerprint density at radius 3 is 2.41 bits per heavy atom. The van der Waals surface area contributed by atoms with Gasteiger partial charge in [0.25, 0.3) is 5.91 Å². The first-order valence-electron chi connectivity index (χ1n) is 9.23. The van der Waals surface area contributed by atoms with Crippen LogP contribution in [0, 0.1) is 6.92 Å². The molecule has 1 amide bonds. The van der Waals surface area contributed by atoms with Gasteiger partial charge in [0, 0.05) is 12.2 Å². The maximum atomic E-state index is 12.7. The Balaban J connectivity index is 1.74. The number of hydrogen-bond donors (Lipinski definition) is 2. The minimum Gasteiger partial charge on any atom is -0.399 e. The summed E-state index contributed by atoms with van der Waals surface area (Å²) in [4.78, 5) is 12.7. The highest BCUT2D eigenvalue weighted by Crippen LogP contribution is 2.23. The summed E-state index contributed by atoms with van der Waals surface area (Å²) in [5, 5.41) is 7.48. The monoisotopic (exact) mass is 362 g/mol. The van der Waals surface area contributed by atoms with Gasteiger partial charge in [-0.2, -0.15) is 5.10 Å². The lowest BCUT2D eigenvalue weighted by Crippen LogP contribution is -2.26. The molecular weight excluding hydrogens is 336 g/mol. The van der Waals surface area contributed by atoms with Gasteiger partial charge in [0.15, 0.2) is 0 Å². The molecule has 140 valence electrons. The van der Waals surface area contributed by atoms with Crippen LogP contribution in [0.1, 0.15) is 46.9 Å². The zero-order chi connectivity index (χ0) is 19.4. The van der Waals surface area contributed by atoms with Crippen LogP contribution >= 0.6 is 0 Å². The Bertz CT molecular complexity index is 908. The lowest BCUT2D eigenvalue weighted by Gasteiger charge is -2.13. The van der Waals surface area contributed by atoms with Gasteiger partial charge in [-0.25, -0.2) is 4.68 Å². The zero-order valence-corrected chi connectivity index (χ0v) is 16.1. The molecular formula is C22H26N4O. The molecule has 0 saturated heterocycles. The molecule has 0 fully saturated rings. The van der Waals surface area contributed by atoms with Crippen LogP contribution < -0.4 is 11.1 Å². The SMILES string of the molecule is Cc1ccc(-n2ncc(C(=O)NCCc3ccc(N)cc3)c2C(C)C)cc1. The number of aromatic nitrogens is 2. The average Bonchev–Trinajstić information content (AvgIpc) is 3.09. The number of nitrogens with two attached hydrogens (primary N) is 1. The molecule has 0 radical (unpaired) electrons. The fraction of sp³-hybridized carbons (Fsp3) is 0.273. The molecule has 3 N–H and O–H groups in total. The number of aryl methyl sites for hydroxylation is 1. The molecule has 0 aliphatic rings. The first-order valence-corrected chi connectivity index (χ1v) is 9.23. The molecule has 0 spiro atoms. The third kappa shape index (κ3) is 4.37.